The van der Waals surface area contributed by atoms with Crippen molar-refractivity contribution in [3.8, 4) is 0 Å². The van der Waals surface area contributed by atoms with Crippen LogP contribution in [0.25, 0.3) is 0 Å². The number of hydrogen-bond acceptors (Lipinski definition) is 6. The Balaban J connectivity index is 3.59. The van der Waals surface area contributed by atoms with E-state index in [1.807, 2.05) is 0 Å². The van der Waals surface area contributed by atoms with E-state index in [0.717, 1.165) is 6.07 Å². The van der Waals surface area contributed by atoms with E-state index in [1.165, 1.54) is 33.3 Å². The van der Waals surface area contributed by atoms with Gasteiger partial charge in [-0.3, -0.25) is 0 Å². The van der Waals surface area contributed by atoms with Crippen molar-refractivity contribution < 1.29 is 29.3 Å². The predicted molar refractivity (Wildman–Crippen MR) is 56.5 cm³/mol. The highest BCUT2D eigenvalue weighted by Crippen LogP contribution is 2.29. The lowest BCUT2D eigenvalue weighted by Crippen LogP contribution is -2.36. The molecule has 0 aliphatic rings. The topological polar surface area (TPSA) is 98.7 Å². The standard InChI is InChI=1S/C12H14O6/c1-12(17-2,18-3)8-6-4-5-7(10(13)14)9(8)11(15)16/h4-6H,1-3H3,(H,13,14)(H,15,16)/p-2. The van der Waals surface area contributed by atoms with Gasteiger partial charge in [-0.15, -0.1) is 0 Å². The van der Waals surface area contributed by atoms with E-state index < -0.39 is 28.9 Å². The smallest absolute Gasteiger partial charge is 0.191 e. The highest BCUT2D eigenvalue weighted by atomic mass is 16.7. The van der Waals surface area contributed by atoms with Crippen molar-refractivity contribution in [2.75, 3.05) is 14.2 Å². The molecule has 0 aliphatic carbocycles. The van der Waals surface area contributed by atoms with Crippen molar-refractivity contribution in [1.29, 1.82) is 0 Å². The first kappa shape index (κ1) is 14.1. The fourth-order valence-electron chi connectivity index (χ4n) is 1.62. The molecule has 1 aromatic rings. The van der Waals surface area contributed by atoms with E-state index in [9.17, 15) is 19.8 Å². The Hall–Kier alpha value is -1.92. The Kier molecular flexibility index (Phi) is 4.05. The molecule has 0 bridgehead atoms. The summed E-state index contributed by atoms with van der Waals surface area (Å²) in [4.78, 5) is 22.0. The summed E-state index contributed by atoms with van der Waals surface area (Å²) in [5.74, 6) is -4.63. The number of carbonyl (C=O) groups excluding carboxylic acids is 2. The van der Waals surface area contributed by atoms with Crippen molar-refractivity contribution in [2.24, 2.45) is 0 Å². The first-order valence-corrected chi connectivity index (χ1v) is 5.04. The molecule has 6 heteroatoms. The summed E-state index contributed by atoms with van der Waals surface area (Å²) < 4.78 is 10.1. The van der Waals surface area contributed by atoms with Gasteiger partial charge >= 0.3 is 0 Å². The lowest BCUT2D eigenvalue weighted by Gasteiger charge is -2.30. The second-order valence-electron chi connectivity index (χ2n) is 3.66. The molecule has 0 aliphatic heterocycles. The lowest BCUT2D eigenvalue weighted by atomic mass is 9.95. The normalized spacial score (nSPS) is 11.3. The van der Waals surface area contributed by atoms with Crippen molar-refractivity contribution in [2.45, 2.75) is 12.7 Å². The molecule has 0 aromatic heterocycles. The molecule has 0 radical (unpaired) electrons. The van der Waals surface area contributed by atoms with E-state index in [0.29, 0.717) is 0 Å². The van der Waals surface area contributed by atoms with Crippen LogP contribution in [-0.2, 0) is 15.3 Å². The average molecular weight is 252 g/mol. The quantitative estimate of drug-likeness (QED) is 0.615. The molecule has 0 saturated heterocycles. The molecule has 1 rings (SSSR count). The first-order chi connectivity index (χ1) is 8.37. The zero-order valence-electron chi connectivity index (χ0n) is 10.2. The maximum atomic E-state index is 11.1. The number of methoxy groups -OCH3 is 2. The minimum absolute atomic E-state index is 0.0502. The van der Waals surface area contributed by atoms with Gasteiger partial charge in [-0.1, -0.05) is 18.2 Å². The maximum absolute atomic E-state index is 11.1. The van der Waals surface area contributed by atoms with Crippen LogP contribution in [0, 0.1) is 0 Å². The number of carboxylic acids is 2. The van der Waals surface area contributed by atoms with Gasteiger partial charge in [-0.25, -0.2) is 0 Å². The number of ether oxygens (including phenoxy) is 2. The Morgan fingerprint density at radius 3 is 2.06 bits per heavy atom. The third-order valence-corrected chi connectivity index (χ3v) is 2.76. The number of hydrogen-bond donors (Lipinski definition) is 0. The van der Waals surface area contributed by atoms with Gasteiger partial charge in [0.15, 0.2) is 5.79 Å². The molecule has 0 heterocycles. The molecule has 0 atom stereocenters. The number of carbonyl (C=O) groups is 2. The molecule has 0 saturated carbocycles. The van der Waals surface area contributed by atoms with Crippen LogP contribution < -0.4 is 10.2 Å². The molecule has 0 amide bonds. The highest BCUT2D eigenvalue weighted by molar-refractivity contribution is 6.01. The van der Waals surface area contributed by atoms with E-state index in [4.69, 9.17) is 9.47 Å². The molecule has 98 valence electrons. The molecule has 18 heavy (non-hydrogen) atoms. The third kappa shape index (κ3) is 2.34. The van der Waals surface area contributed by atoms with E-state index in [1.54, 1.807) is 0 Å². The van der Waals surface area contributed by atoms with Crippen molar-refractivity contribution >= 4 is 11.9 Å². The second-order valence-corrected chi connectivity index (χ2v) is 3.66. The number of carboxylic acid groups (broad SMARTS) is 2. The van der Waals surface area contributed by atoms with Crippen molar-refractivity contribution in [1.82, 2.24) is 0 Å². The van der Waals surface area contributed by atoms with Gasteiger partial charge in [0, 0.05) is 30.9 Å². The molecule has 0 spiro atoms. The zero-order chi connectivity index (χ0) is 13.9. The number of benzene rings is 1. The van der Waals surface area contributed by atoms with Crippen molar-refractivity contribution in [3.63, 3.8) is 0 Å². The van der Waals surface area contributed by atoms with E-state index in [-0.39, 0.29) is 5.56 Å². The average Bonchev–Trinajstić information content (AvgIpc) is 2.36. The van der Waals surface area contributed by atoms with Gasteiger partial charge in [0.2, 0.25) is 0 Å². The van der Waals surface area contributed by atoms with Crippen molar-refractivity contribution in [3.05, 3.63) is 34.9 Å². The summed E-state index contributed by atoms with van der Waals surface area (Å²) in [6.07, 6.45) is 0. The van der Waals surface area contributed by atoms with Crippen LogP contribution in [0.5, 0.6) is 0 Å². The van der Waals surface area contributed by atoms with E-state index >= 15 is 0 Å². The second kappa shape index (κ2) is 5.16. The molecule has 6 nitrogen and oxygen atoms in total. The van der Waals surface area contributed by atoms with Crippen LogP contribution in [0.1, 0.15) is 33.2 Å². The van der Waals surface area contributed by atoms with Gasteiger partial charge in [-0.2, -0.15) is 0 Å². The highest BCUT2D eigenvalue weighted by Gasteiger charge is 2.30. The minimum Gasteiger partial charge on any atom is -0.545 e. The van der Waals surface area contributed by atoms with Gasteiger partial charge in [0.1, 0.15) is 0 Å². The number of aromatic carboxylic acids is 2. The lowest BCUT2D eigenvalue weighted by molar-refractivity contribution is -0.260. The predicted octanol–water partition coefficient (Wildman–Crippen LogP) is -1.12. The minimum atomic E-state index is -1.63. The molecule has 0 N–H and O–H groups in total. The summed E-state index contributed by atoms with van der Waals surface area (Å²) in [5, 5.41) is 22.0. The SMILES string of the molecule is COC(C)(OC)c1cccc(C(=O)[O-])c1C(=O)[O-]. The van der Waals surface area contributed by atoms with Gasteiger partial charge in [0.25, 0.3) is 0 Å². The maximum Gasteiger partial charge on any atom is 0.191 e. The van der Waals surface area contributed by atoms with Gasteiger partial charge in [0.05, 0.1) is 11.9 Å². The monoisotopic (exact) mass is 252 g/mol. The fourth-order valence-corrected chi connectivity index (χ4v) is 1.62. The first-order valence-electron chi connectivity index (χ1n) is 5.04. The summed E-state index contributed by atoms with van der Waals surface area (Å²) in [6.45, 7) is 1.47. The summed E-state index contributed by atoms with van der Waals surface area (Å²) in [7, 11) is 2.63. The Morgan fingerprint density at radius 2 is 1.67 bits per heavy atom. The van der Waals surface area contributed by atoms with E-state index in [2.05, 4.69) is 0 Å². The summed E-state index contributed by atoms with van der Waals surface area (Å²) >= 11 is 0. The number of rotatable bonds is 5. The van der Waals surface area contributed by atoms with Gasteiger partial charge < -0.3 is 29.3 Å². The van der Waals surface area contributed by atoms with Crippen LogP contribution in [0.2, 0.25) is 0 Å². The Labute approximate surface area is 104 Å². The van der Waals surface area contributed by atoms with Crippen LogP contribution in [0.15, 0.2) is 18.2 Å². The Bertz CT molecular complexity index is 475. The largest absolute Gasteiger partial charge is 0.545 e. The fraction of sp³-hybridized carbons (Fsp3) is 0.333. The van der Waals surface area contributed by atoms with Gasteiger partial charge in [-0.05, 0) is 6.92 Å². The van der Waals surface area contributed by atoms with Crippen LogP contribution in [-0.4, -0.2) is 26.2 Å². The molecule has 0 fully saturated rings. The van der Waals surface area contributed by atoms with Crippen LogP contribution in [0.3, 0.4) is 0 Å². The summed E-state index contributed by atoms with van der Waals surface area (Å²) in [5.41, 5.74) is -0.939. The molecular weight excluding hydrogens is 240 g/mol. The van der Waals surface area contributed by atoms with Crippen LogP contribution >= 0.6 is 0 Å². The third-order valence-electron chi connectivity index (χ3n) is 2.76. The molecule has 0 unspecified atom stereocenters. The molecule has 1 aromatic carbocycles. The summed E-state index contributed by atoms with van der Waals surface area (Å²) in [6, 6.07) is 3.89. The zero-order valence-corrected chi connectivity index (χ0v) is 10.2. The van der Waals surface area contributed by atoms with Crippen LogP contribution in [0.4, 0.5) is 0 Å². The Morgan fingerprint density at radius 1 is 1.11 bits per heavy atom. The molecular formula is C12H12O6-2.